The van der Waals surface area contributed by atoms with Crippen molar-refractivity contribution in [2.45, 2.75) is 6.92 Å². The second-order valence-electron chi connectivity index (χ2n) is 1.19. The van der Waals surface area contributed by atoms with Crippen LogP contribution in [0.5, 0.6) is 0 Å². The summed E-state index contributed by atoms with van der Waals surface area (Å²) in [5.41, 5.74) is 0. The first-order chi connectivity index (χ1) is 3.77. The summed E-state index contributed by atoms with van der Waals surface area (Å²) in [6.45, 7) is 1.90. The number of rotatable bonds is 2. The Morgan fingerprint density at radius 1 is 1.50 bits per heavy atom. The SMILES string of the molecule is CC=CC=CC(=O)I. The third kappa shape index (κ3) is 5.88. The highest BCUT2D eigenvalue weighted by molar-refractivity contribution is 14.1. The number of halogens is 1. The highest BCUT2D eigenvalue weighted by Crippen LogP contribution is 1.86. The van der Waals surface area contributed by atoms with E-state index >= 15 is 0 Å². The molecule has 0 saturated heterocycles. The largest absolute Gasteiger partial charge is 0.283 e. The quantitative estimate of drug-likeness (QED) is 0.302. The van der Waals surface area contributed by atoms with E-state index in [0.717, 1.165) is 0 Å². The van der Waals surface area contributed by atoms with Gasteiger partial charge in [0, 0.05) is 22.6 Å². The fourth-order valence-electron chi connectivity index (χ4n) is 0.242. The van der Waals surface area contributed by atoms with E-state index < -0.39 is 0 Å². The van der Waals surface area contributed by atoms with Gasteiger partial charge in [0.15, 0.2) is 0 Å². The van der Waals surface area contributed by atoms with Crippen molar-refractivity contribution in [2.75, 3.05) is 0 Å². The maximum absolute atomic E-state index is 10.2. The zero-order chi connectivity index (χ0) is 6.41. The smallest absolute Gasteiger partial charge is 0.215 e. The molecular formula is C6H7IO. The van der Waals surface area contributed by atoms with Gasteiger partial charge in [-0.05, 0) is 13.0 Å². The van der Waals surface area contributed by atoms with Gasteiger partial charge < -0.3 is 0 Å². The van der Waals surface area contributed by atoms with Gasteiger partial charge in [-0.1, -0.05) is 18.2 Å². The van der Waals surface area contributed by atoms with Crippen molar-refractivity contribution in [1.29, 1.82) is 0 Å². The molecule has 0 bridgehead atoms. The Labute approximate surface area is 62.6 Å². The van der Waals surface area contributed by atoms with Gasteiger partial charge in [0.2, 0.25) is 3.79 Å². The molecule has 0 aromatic rings. The average molecular weight is 222 g/mol. The summed E-state index contributed by atoms with van der Waals surface area (Å²) in [4.78, 5) is 10.2. The molecular weight excluding hydrogens is 215 g/mol. The van der Waals surface area contributed by atoms with Gasteiger partial charge in [-0.25, -0.2) is 0 Å². The minimum Gasteiger partial charge on any atom is -0.283 e. The van der Waals surface area contributed by atoms with Gasteiger partial charge in [-0.2, -0.15) is 0 Å². The van der Waals surface area contributed by atoms with Gasteiger partial charge in [-0.3, -0.25) is 4.79 Å². The summed E-state index contributed by atoms with van der Waals surface area (Å²) >= 11 is 1.72. The Morgan fingerprint density at radius 3 is 2.50 bits per heavy atom. The fraction of sp³-hybridized carbons (Fsp3) is 0.167. The summed E-state index contributed by atoms with van der Waals surface area (Å²) in [6, 6.07) is 0. The molecule has 0 amide bonds. The molecule has 0 heterocycles. The zero-order valence-corrected chi connectivity index (χ0v) is 6.75. The Morgan fingerprint density at radius 2 is 2.12 bits per heavy atom. The predicted octanol–water partition coefficient (Wildman–Crippen LogP) is 2.08. The molecule has 1 nitrogen and oxygen atoms in total. The number of hydrogen-bond donors (Lipinski definition) is 0. The second kappa shape index (κ2) is 5.03. The molecule has 2 heteroatoms. The fourth-order valence-corrected chi connectivity index (χ4v) is 0.450. The van der Waals surface area contributed by atoms with Gasteiger partial charge in [0.05, 0.1) is 0 Å². The lowest BCUT2D eigenvalue weighted by molar-refractivity contribution is -0.105. The monoisotopic (exact) mass is 222 g/mol. The lowest BCUT2D eigenvalue weighted by Crippen LogP contribution is -1.69. The topological polar surface area (TPSA) is 17.1 Å². The number of carbonyl (C=O) groups is 1. The standard InChI is InChI=1S/C6H7IO/c1-2-3-4-5-6(7)8/h2-5H,1H3. The average Bonchev–Trinajstić information content (AvgIpc) is 1.66. The highest BCUT2D eigenvalue weighted by Gasteiger charge is 1.77. The third-order valence-corrected chi connectivity index (χ3v) is 0.890. The molecule has 0 aliphatic heterocycles. The van der Waals surface area contributed by atoms with E-state index in [1.54, 1.807) is 28.7 Å². The normalized spacial score (nSPS) is 11.2. The molecule has 0 unspecified atom stereocenters. The molecule has 0 aromatic carbocycles. The van der Waals surface area contributed by atoms with Crippen LogP contribution in [0.25, 0.3) is 0 Å². The zero-order valence-electron chi connectivity index (χ0n) is 4.60. The molecule has 44 valence electrons. The lowest BCUT2D eigenvalue weighted by atomic mass is 10.5. The van der Waals surface area contributed by atoms with Crippen LogP contribution in [0, 0.1) is 0 Å². The molecule has 0 N–H and O–H groups in total. The Kier molecular flexibility index (Phi) is 4.95. The first-order valence-electron chi connectivity index (χ1n) is 2.26. The molecule has 0 radical (unpaired) electrons. The van der Waals surface area contributed by atoms with Crippen molar-refractivity contribution < 1.29 is 4.79 Å². The van der Waals surface area contributed by atoms with Crippen LogP contribution in [0.2, 0.25) is 0 Å². The molecule has 0 atom stereocenters. The maximum Gasteiger partial charge on any atom is 0.215 e. The Bertz CT molecular complexity index is 124. The van der Waals surface area contributed by atoms with Crippen LogP contribution < -0.4 is 0 Å². The molecule has 0 aromatic heterocycles. The number of carbonyl (C=O) groups excluding carboxylic acids is 1. The van der Waals surface area contributed by atoms with Crippen molar-refractivity contribution in [3.8, 4) is 0 Å². The molecule has 8 heavy (non-hydrogen) atoms. The Balaban J connectivity index is 3.50. The third-order valence-electron chi connectivity index (χ3n) is 0.531. The summed E-state index contributed by atoms with van der Waals surface area (Å²) in [5.74, 6) is 0. The molecule has 0 saturated carbocycles. The van der Waals surface area contributed by atoms with Gasteiger partial charge in [-0.15, -0.1) is 0 Å². The van der Waals surface area contributed by atoms with Crippen LogP contribution in [-0.4, -0.2) is 3.79 Å². The first-order valence-corrected chi connectivity index (χ1v) is 3.34. The van der Waals surface area contributed by atoms with E-state index in [9.17, 15) is 4.79 Å². The number of allylic oxidation sites excluding steroid dienone is 4. The van der Waals surface area contributed by atoms with E-state index in [2.05, 4.69) is 0 Å². The minimum atomic E-state index is 0.0562. The molecule has 0 spiro atoms. The molecule has 0 aliphatic rings. The van der Waals surface area contributed by atoms with Gasteiger partial charge in [0.25, 0.3) is 0 Å². The van der Waals surface area contributed by atoms with E-state index in [-0.39, 0.29) is 3.79 Å². The van der Waals surface area contributed by atoms with Crippen LogP contribution in [0.15, 0.2) is 24.3 Å². The van der Waals surface area contributed by atoms with Crippen molar-refractivity contribution in [3.05, 3.63) is 24.3 Å². The summed E-state index contributed by atoms with van der Waals surface area (Å²) in [6.07, 6.45) is 6.92. The van der Waals surface area contributed by atoms with Crippen LogP contribution in [0.3, 0.4) is 0 Å². The van der Waals surface area contributed by atoms with Crippen LogP contribution in [0.1, 0.15) is 6.92 Å². The van der Waals surface area contributed by atoms with Crippen LogP contribution in [-0.2, 0) is 4.79 Å². The summed E-state index contributed by atoms with van der Waals surface area (Å²) < 4.78 is 0.0562. The van der Waals surface area contributed by atoms with Crippen LogP contribution in [0.4, 0.5) is 0 Å². The minimum absolute atomic E-state index is 0.0562. The predicted molar refractivity (Wildman–Crippen MR) is 43.0 cm³/mol. The first kappa shape index (κ1) is 7.88. The van der Waals surface area contributed by atoms with Crippen molar-refractivity contribution in [1.82, 2.24) is 0 Å². The van der Waals surface area contributed by atoms with Crippen molar-refractivity contribution in [2.24, 2.45) is 0 Å². The highest BCUT2D eigenvalue weighted by atomic mass is 127. The molecule has 0 aliphatic carbocycles. The van der Waals surface area contributed by atoms with Gasteiger partial charge in [0.1, 0.15) is 0 Å². The van der Waals surface area contributed by atoms with E-state index in [4.69, 9.17) is 0 Å². The number of hydrogen-bond acceptors (Lipinski definition) is 1. The van der Waals surface area contributed by atoms with Crippen LogP contribution >= 0.6 is 22.6 Å². The lowest BCUT2D eigenvalue weighted by Gasteiger charge is -1.70. The van der Waals surface area contributed by atoms with E-state index in [0.29, 0.717) is 0 Å². The summed E-state index contributed by atoms with van der Waals surface area (Å²) in [5, 5.41) is 0. The van der Waals surface area contributed by atoms with Crippen molar-refractivity contribution >= 4 is 26.4 Å². The van der Waals surface area contributed by atoms with Crippen molar-refractivity contribution in [3.63, 3.8) is 0 Å². The second-order valence-corrected chi connectivity index (χ2v) is 2.25. The molecule has 0 fully saturated rings. The Hall–Kier alpha value is -0.120. The van der Waals surface area contributed by atoms with Gasteiger partial charge >= 0.3 is 0 Å². The maximum atomic E-state index is 10.2. The summed E-state index contributed by atoms with van der Waals surface area (Å²) in [7, 11) is 0. The van der Waals surface area contributed by atoms with E-state index in [1.165, 1.54) is 6.08 Å². The van der Waals surface area contributed by atoms with E-state index in [1.807, 2.05) is 19.1 Å². The molecule has 0 rings (SSSR count).